The topological polar surface area (TPSA) is 75.4 Å². The van der Waals surface area contributed by atoms with Gasteiger partial charge in [-0.15, -0.1) is 5.43 Å². The molecular formula is C6H5ClN2O3. The molecule has 12 heavy (non-hydrogen) atoms. The van der Waals surface area contributed by atoms with Gasteiger partial charge in [0.05, 0.1) is 0 Å². The number of nitrogens with zero attached hydrogens (tertiary/aromatic N) is 1. The Bertz CT molecular complexity index is 316. The summed E-state index contributed by atoms with van der Waals surface area (Å²) in [4.78, 5) is 9.99. The van der Waals surface area contributed by atoms with Crippen LogP contribution >= 0.6 is 11.6 Å². The fraction of sp³-hybridized carbons (Fsp3) is 0. The van der Waals surface area contributed by atoms with Crippen molar-refractivity contribution in [2.45, 2.75) is 0 Å². The van der Waals surface area contributed by atoms with E-state index in [4.69, 9.17) is 16.7 Å². The zero-order valence-electron chi connectivity index (χ0n) is 5.82. The highest BCUT2D eigenvalue weighted by Crippen LogP contribution is 2.30. The average Bonchev–Trinajstić information content (AvgIpc) is 1.98. The van der Waals surface area contributed by atoms with Crippen LogP contribution in [-0.4, -0.2) is 10.1 Å². The van der Waals surface area contributed by atoms with Gasteiger partial charge >= 0.3 is 0 Å². The van der Waals surface area contributed by atoms with Crippen molar-refractivity contribution >= 4 is 17.3 Å². The molecule has 1 aromatic carbocycles. The van der Waals surface area contributed by atoms with Gasteiger partial charge in [-0.3, -0.25) is 0 Å². The van der Waals surface area contributed by atoms with Crippen LogP contribution in [0.4, 0.5) is 5.69 Å². The summed E-state index contributed by atoms with van der Waals surface area (Å²) in [6, 6.07) is 4.19. The molecule has 0 heterocycles. The normalized spacial score (nSPS) is 9.42. The highest BCUT2D eigenvalue weighted by molar-refractivity contribution is 6.34. The lowest BCUT2D eigenvalue weighted by Crippen LogP contribution is -2.07. The number of benzene rings is 1. The molecule has 0 saturated heterocycles. The van der Waals surface area contributed by atoms with E-state index in [0.717, 1.165) is 0 Å². The van der Waals surface area contributed by atoms with Crippen molar-refractivity contribution in [3.63, 3.8) is 0 Å². The van der Waals surface area contributed by atoms with Gasteiger partial charge in [0, 0.05) is 0 Å². The number of aromatic hydroxyl groups is 1. The average molecular weight is 189 g/mol. The SMILES string of the molecule is O=[N+]([O-])Nc1cccc(O)c1Cl. The Kier molecular flexibility index (Phi) is 2.35. The van der Waals surface area contributed by atoms with Crippen molar-refractivity contribution in [3.05, 3.63) is 33.3 Å². The molecule has 0 unspecified atom stereocenters. The van der Waals surface area contributed by atoms with Crippen molar-refractivity contribution in [2.75, 3.05) is 5.43 Å². The first-order chi connectivity index (χ1) is 5.61. The third kappa shape index (κ3) is 1.76. The highest BCUT2D eigenvalue weighted by atomic mass is 35.5. The molecule has 0 aliphatic heterocycles. The maximum Gasteiger partial charge on any atom is 0.162 e. The van der Waals surface area contributed by atoms with E-state index in [2.05, 4.69) is 0 Å². The zero-order valence-corrected chi connectivity index (χ0v) is 6.58. The van der Waals surface area contributed by atoms with Crippen LogP contribution in [-0.2, 0) is 0 Å². The van der Waals surface area contributed by atoms with Crippen molar-refractivity contribution < 1.29 is 10.1 Å². The van der Waals surface area contributed by atoms with E-state index in [9.17, 15) is 10.1 Å². The zero-order chi connectivity index (χ0) is 9.14. The molecule has 0 bridgehead atoms. The fourth-order valence-corrected chi connectivity index (χ4v) is 0.873. The van der Waals surface area contributed by atoms with E-state index in [1.165, 1.54) is 18.2 Å². The molecule has 6 heteroatoms. The van der Waals surface area contributed by atoms with Crippen LogP contribution < -0.4 is 5.43 Å². The van der Waals surface area contributed by atoms with Gasteiger partial charge in [0.1, 0.15) is 16.5 Å². The summed E-state index contributed by atoms with van der Waals surface area (Å²) in [6.07, 6.45) is 0. The van der Waals surface area contributed by atoms with E-state index >= 15 is 0 Å². The molecule has 0 aliphatic rings. The number of hydrogen-bond donors (Lipinski definition) is 2. The molecule has 2 N–H and O–H groups in total. The monoisotopic (exact) mass is 188 g/mol. The lowest BCUT2D eigenvalue weighted by molar-refractivity contribution is -0.445. The van der Waals surface area contributed by atoms with E-state index in [1.54, 1.807) is 0 Å². The molecule has 0 atom stereocenters. The van der Waals surface area contributed by atoms with E-state index in [0.29, 0.717) is 0 Å². The molecule has 0 aliphatic carbocycles. The van der Waals surface area contributed by atoms with Gasteiger partial charge < -0.3 is 5.11 Å². The molecule has 0 saturated carbocycles. The molecule has 0 amide bonds. The molecule has 1 aromatic rings. The van der Waals surface area contributed by atoms with Gasteiger partial charge in [-0.25, -0.2) is 10.1 Å². The third-order valence-corrected chi connectivity index (χ3v) is 1.59. The van der Waals surface area contributed by atoms with Gasteiger partial charge in [0.15, 0.2) is 5.03 Å². The number of hydrogen-bond acceptors (Lipinski definition) is 3. The molecular weight excluding hydrogens is 184 g/mol. The second-order valence-electron chi connectivity index (χ2n) is 2.01. The quantitative estimate of drug-likeness (QED) is 0.547. The smallest absolute Gasteiger partial charge is 0.162 e. The second-order valence-corrected chi connectivity index (χ2v) is 2.39. The minimum atomic E-state index is -0.749. The van der Waals surface area contributed by atoms with E-state index in [-0.39, 0.29) is 16.5 Å². The standard InChI is InChI=1S/C6H5ClN2O3/c7-6-4(8-9(11)12)2-1-3-5(6)10/h1-3,8,10H. The minimum Gasteiger partial charge on any atom is -0.506 e. The fourth-order valence-electron chi connectivity index (χ4n) is 0.704. The van der Waals surface area contributed by atoms with Crippen LogP contribution in [0.3, 0.4) is 0 Å². The maximum atomic E-state index is 9.99. The number of rotatable bonds is 2. The summed E-state index contributed by atoms with van der Waals surface area (Å²) in [7, 11) is 0. The highest BCUT2D eigenvalue weighted by Gasteiger charge is 2.07. The van der Waals surface area contributed by atoms with Gasteiger partial charge in [-0.1, -0.05) is 17.7 Å². The first kappa shape index (κ1) is 8.61. The number of phenolic OH excluding ortho intramolecular Hbond substituents is 1. The van der Waals surface area contributed by atoms with E-state index in [1.807, 2.05) is 5.43 Å². The van der Waals surface area contributed by atoms with Crippen LogP contribution in [0.25, 0.3) is 0 Å². The largest absolute Gasteiger partial charge is 0.506 e. The van der Waals surface area contributed by atoms with Crippen LogP contribution in [0.5, 0.6) is 5.75 Å². The predicted octanol–water partition coefficient (Wildman–Crippen LogP) is 1.65. The van der Waals surface area contributed by atoms with Crippen molar-refractivity contribution in [1.82, 2.24) is 0 Å². The number of halogens is 1. The Hall–Kier alpha value is -1.49. The predicted molar refractivity (Wildman–Crippen MR) is 43.7 cm³/mol. The molecule has 0 aromatic heterocycles. The summed E-state index contributed by atoms with van der Waals surface area (Å²) in [5, 5.41) is 18.2. The van der Waals surface area contributed by atoms with Crippen LogP contribution in [0.15, 0.2) is 18.2 Å². The number of phenols is 1. The van der Waals surface area contributed by atoms with Crippen LogP contribution in [0.2, 0.25) is 5.02 Å². The van der Waals surface area contributed by atoms with Crippen molar-refractivity contribution in [1.29, 1.82) is 0 Å². The Morgan fingerprint density at radius 2 is 2.25 bits per heavy atom. The van der Waals surface area contributed by atoms with Gasteiger partial charge in [0.25, 0.3) is 0 Å². The summed E-state index contributed by atoms with van der Waals surface area (Å²) < 4.78 is 0. The first-order valence-corrected chi connectivity index (χ1v) is 3.37. The van der Waals surface area contributed by atoms with Gasteiger partial charge in [-0.05, 0) is 12.1 Å². The second kappa shape index (κ2) is 3.27. The summed E-state index contributed by atoms with van der Waals surface area (Å²) in [6.45, 7) is 0. The lowest BCUT2D eigenvalue weighted by atomic mass is 10.3. The molecule has 1 rings (SSSR count). The van der Waals surface area contributed by atoms with Gasteiger partial charge in [0.2, 0.25) is 0 Å². The summed E-state index contributed by atoms with van der Waals surface area (Å²) in [5.74, 6) is -0.191. The number of anilines is 1. The van der Waals surface area contributed by atoms with Crippen molar-refractivity contribution in [2.24, 2.45) is 0 Å². The number of hydrazine groups is 1. The summed E-state index contributed by atoms with van der Waals surface area (Å²) in [5.41, 5.74) is 1.92. The minimum absolute atomic E-state index is 0.0609. The third-order valence-electron chi connectivity index (χ3n) is 1.19. The van der Waals surface area contributed by atoms with Crippen LogP contribution in [0, 0.1) is 10.1 Å². The Morgan fingerprint density at radius 3 is 2.83 bits per heavy atom. The molecule has 64 valence electrons. The Balaban J connectivity index is 3.00. The van der Waals surface area contributed by atoms with Crippen LogP contribution in [0.1, 0.15) is 0 Å². The maximum absolute atomic E-state index is 9.99. The number of nitrogens with one attached hydrogen (secondary N) is 1. The van der Waals surface area contributed by atoms with Crippen molar-refractivity contribution in [3.8, 4) is 5.75 Å². The molecule has 0 radical (unpaired) electrons. The Labute approximate surface area is 72.7 Å². The molecule has 0 fully saturated rings. The Morgan fingerprint density at radius 1 is 1.58 bits per heavy atom. The van der Waals surface area contributed by atoms with E-state index < -0.39 is 5.03 Å². The number of nitro groups is 1. The molecule has 0 spiro atoms. The summed E-state index contributed by atoms with van der Waals surface area (Å²) >= 11 is 5.52. The van der Waals surface area contributed by atoms with Gasteiger partial charge in [-0.2, -0.15) is 0 Å². The first-order valence-electron chi connectivity index (χ1n) is 3.00. The lowest BCUT2D eigenvalue weighted by Gasteiger charge is -2.00. The molecule has 5 nitrogen and oxygen atoms in total.